The fraction of sp³-hybridized carbons (Fsp3) is 0.609. The molecule has 0 saturated heterocycles. The second-order valence-electron chi connectivity index (χ2n) is 9.17. The highest BCUT2D eigenvalue weighted by Gasteiger charge is 2.26. The molecule has 158 valence electrons. The third-order valence-corrected chi connectivity index (χ3v) is 5.44. The second kappa shape index (κ2) is 8.97. The van der Waals surface area contributed by atoms with Crippen LogP contribution in [0.25, 0.3) is 11.4 Å². The quantitative estimate of drug-likeness (QED) is 0.608. The summed E-state index contributed by atoms with van der Waals surface area (Å²) in [5.74, 6) is 2.10. The van der Waals surface area contributed by atoms with Crippen LogP contribution in [0.15, 0.2) is 28.8 Å². The van der Waals surface area contributed by atoms with Gasteiger partial charge in [-0.15, -0.1) is 0 Å². The lowest BCUT2D eigenvalue weighted by Gasteiger charge is -2.32. The number of aromatic nitrogens is 2. The van der Waals surface area contributed by atoms with E-state index in [1.165, 1.54) is 24.8 Å². The Hall–Kier alpha value is -2.37. The summed E-state index contributed by atoms with van der Waals surface area (Å²) in [4.78, 5) is 18.9. The lowest BCUT2D eigenvalue weighted by molar-refractivity contribution is 0.0223. The number of hydrogen-bond acceptors (Lipinski definition) is 5. The molecular formula is C23H33N3O3. The smallest absolute Gasteiger partial charge is 0.410 e. The molecule has 1 atom stereocenters. The number of amides is 1. The van der Waals surface area contributed by atoms with E-state index >= 15 is 0 Å². The molecule has 1 aromatic carbocycles. The molecule has 6 heteroatoms. The van der Waals surface area contributed by atoms with Crippen LogP contribution in [0.5, 0.6) is 0 Å². The molecule has 0 bridgehead atoms. The van der Waals surface area contributed by atoms with E-state index in [1.807, 2.05) is 37.8 Å². The largest absolute Gasteiger partial charge is 0.444 e. The number of hydrogen-bond donors (Lipinski definition) is 0. The van der Waals surface area contributed by atoms with Crippen LogP contribution in [0.3, 0.4) is 0 Å². The Morgan fingerprint density at radius 3 is 2.48 bits per heavy atom. The summed E-state index contributed by atoms with van der Waals surface area (Å²) in [6.07, 6.45) is 4.73. The van der Waals surface area contributed by atoms with Crippen molar-refractivity contribution in [1.29, 1.82) is 0 Å². The minimum atomic E-state index is -0.487. The maximum atomic E-state index is 12.8. The van der Waals surface area contributed by atoms with Crippen LogP contribution < -0.4 is 0 Å². The molecule has 1 saturated carbocycles. The maximum absolute atomic E-state index is 12.8. The van der Waals surface area contributed by atoms with Crippen LogP contribution >= 0.6 is 0 Å². The molecule has 0 spiro atoms. The fourth-order valence-corrected chi connectivity index (χ4v) is 3.52. The van der Waals surface area contributed by atoms with E-state index < -0.39 is 5.60 Å². The molecule has 3 rings (SSSR count). The third kappa shape index (κ3) is 6.05. The predicted molar refractivity (Wildman–Crippen MR) is 113 cm³/mol. The van der Waals surface area contributed by atoms with E-state index in [0.717, 1.165) is 24.4 Å². The lowest BCUT2D eigenvalue weighted by atomic mass is 9.83. The van der Waals surface area contributed by atoms with Gasteiger partial charge in [0.15, 0.2) is 0 Å². The predicted octanol–water partition coefficient (Wildman–Crippen LogP) is 5.58. The van der Waals surface area contributed by atoms with Crippen molar-refractivity contribution >= 4 is 6.09 Å². The molecule has 1 heterocycles. The summed E-state index contributed by atoms with van der Waals surface area (Å²) in [6.45, 7) is 11.1. The standard InChI is InChI=1S/C23H33N3O3/c1-16(19-9-11-20(12-10-19)21-24-17(2)29-25-21)15-26(14-13-18-7-6-8-18)22(27)28-23(3,4)5/h9-12,16,18H,6-8,13-15H2,1-5H3/t16-/m1/s1. The topological polar surface area (TPSA) is 68.5 Å². The first-order valence-corrected chi connectivity index (χ1v) is 10.6. The number of aryl methyl sites for hydroxylation is 1. The van der Waals surface area contributed by atoms with Gasteiger partial charge in [0.1, 0.15) is 5.60 Å². The summed E-state index contributed by atoms with van der Waals surface area (Å²) >= 11 is 0. The highest BCUT2D eigenvalue weighted by Crippen LogP contribution is 2.30. The van der Waals surface area contributed by atoms with Gasteiger partial charge in [0, 0.05) is 25.6 Å². The molecule has 2 aromatic rings. The van der Waals surface area contributed by atoms with Crippen molar-refractivity contribution in [2.45, 2.75) is 71.8 Å². The molecular weight excluding hydrogens is 366 g/mol. The van der Waals surface area contributed by atoms with E-state index in [1.54, 1.807) is 6.92 Å². The summed E-state index contributed by atoms with van der Waals surface area (Å²) in [5, 5.41) is 3.97. The van der Waals surface area contributed by atoms with Gasteiger partial charge >= 0.3 is 6.09 Å². The number of rotatable bonds is 7. The molecule has 0 aliphatic heterocycles. The molecule has 0 radical (unpaired) electrons. The SMILES string of the molecule is Cc1nc(-c2ccc([C@H](C)CN(CCC3CCC3)C(=O)OC(C)(C)C)cc2)no1. The second-order valence-corrected chi connectivity index (χ2v) is 9.17. The molecule has 1 aromatic heterocycles. The maximum Gasteiger partial charge on any atom is 0.410 e. The van der Waals surface area contributed by atoms with Gasteiger partial charge in [-0.3, -0.25) is 0 Å². The average Bonchev–Trinajstić information content (AvgIpc) is 3.04. The Balaban J connectivity index is 1.65. The van der Waals surface area contributed by atoms with E-state index in [-0.39, 0.29) is 12.0 Å². The van der Waals surface area contributed by atoms with Gasteiger partial charge < -0.3 is 14.2 Å². The van der Waals surface area contributed by atoms with Gasteiger partial charge in [-0.2, -0.15) is 4.98 Å². The molecule has 1 aliphatic rings. The Morgan fingerprint density at radius 1 is 1.28 bits per heavy atom. The van der Waals surface area contributed by atoms with Crippen molar-refractivity contribution < 1.29 is 14.1 Å². The van der Waals surface area contributed by atoms with Crippen LogP contribution in [-0.4, -0.2) is 39.8 Å². The molecule has 1 fully saturated rings. The van der Waals surface area contributed by atoms with Crippen molar-refractivity contribution in [3.63, 3.8) is 0 Å². The van der Waals surface area contributed by atoms with Gasteiger partial charge in [0.05, 0.1) is 0 Å². The molecule has 29 heavy (non-hydrogen) atoms. The molecule has 1 aliphatic carbocycles. The van der Waals surface area contributed by atoms with Crippen molar-refractivity contribution in [3.05, 3.63) is 35.7 Å². The molecule has 1 amide bonds. The first-order valence-electron chi connectivity index (χ1n) is 10.6. The number of benzene rings is 1. The van der Waals surface area contributed by atoms with E-state index in [2.05, 4.69) is 29.2 Å². The van der Waals surface area contributed by atoms with Crippen LogP contribution in [0, 0.1) is 12.8 Å². The van der Waals surface area contributed by atoms with Gasteiger partial charge in [0.2, 0.25) is 11.7 Å². The molecule has 0 N–H and O–H groups in total. The molecule has 0 unspecified atom stereocenters. The highest BCUT2D eigenvalue weighted by atomic mass is 16.6. The zero-order valence-corrected chi connectivity index (χ0v) is 18.3. The van der Waals surface area contributed by atoms with Crippen molar-refractivity contribution in [1.82, 2.24) is 15.0 Å². The van der Waals surface area contributed by atoms with Gasteiger partial charge in [-0.05, 0) is 44.6 Å². The first kappa shape index (κ1) is 21.3. The zero-order chi connectivity index (χ0) is 21.0. The minimum absolute atomic E-state index is 0.199. The van der Waals surface area contributed by atoms with Crippen molar-refractivity contribution in [2.24, 2.45) is 5.92 Å². The van der Waals surface area contributed by atoms with Crippen LogP contribution in [-0.2, 0) is 4.74 Å². The summed E-state index contributed by atoms with van der Waals surface area (Å²) in [7, 11) is 0. The Kier molecular flexibility index (Phi) is 6.60. The number of ether oxygens (including phenoxy) is 1. The highest BCUT2D eigenvalue weighted by molar-refractivity contribution is 5.68. The Labute approximate surface area is 173 Å². The van der Waals surface area contributed by atoms with Crippen molar-refractivity contribution in [3.8, 4) is 11.4 Å². The van der Waals surface area contributed by atoms with E-state index in [9.17, 15) is 4.79 Å². The summed E-state index contributed by atoms with van der Waals surface area (Å²) in [6, 6.07) is 8.15. The van der Waals surface area contributed by atoms with Gasteiger partial charge in [-0.25, -0.2) is 4.79 Å². The van der Waals surface area contributed by atoms with Gasteiger partial charge in [-0.1, -0.05) is 55.6 Å². The average molecular weight is 400 g/mol. The monoisotopic (exact) mass is 399 g/mol. The van der Waals surface area contributed by atoms with Crippen LogP contribution in [0.1, 0.15) is 70.8 Å². The van der Waals surface area contributed by atoms with Gasteiger partial charge in [0.25, 0.3) is 0 Å². The van der Waals surface area contributed by atoms with E-state index in [4.69, 9.17) is 9.26 Å². The Morgan fingerprint density at radius 2 is 1.97 bits per heavy atom. The summed E-state index contributed by atoms with van der Waals surface area (Å²) < 4.78 is 10.7. The number of carbonyl (C=O) groups excluding carboxylic acids is 1. The normalized spacial score (nSPS) is 15.6. The molecule has 6 nitrogen and oxygen atoms in total. The van der Waals surface area contributed by atoms with Crippen molar-refractivity contribution in [2.75, 3.05) is 13.1 Å². The number of carbonyl (C=O) groups is 1. The third-order valence-electron chi connectivity index (χ3n) is 5.44. The lowest BCUT2D eigenvalue weighted by Crippen LogP contribution is -2.40. The zero-order valence-electron chi connectivity index (χ0n) is 18.3. The van der Waals surface area contributed by atoms with E-state index in [0.29, 0.717) is 18.3 Å². The fourth-order valence-electron chi connectivity index (χ4n) is 3.52. The first-order chi connectivity index (χ1) is 13.7. The number of nitrogens with zero attached hydrogens (tertiary/aromatic N) is 3. The van der Waals surface area contributed by atoms with Crippen LogP contribution in [0.2, 0.25) is 0 Å². The Bertz CT molecular complexity index is 804. The van der Waals surface area contributed by atoms with Crippen LogP contribution in [0.4, 0.5) is 4.79 Å². The summed E-state index contributed by atoms with van der Waals surface area (Å²) in [5.41, 5.74) is 1.61. The minimum Gasteiger partial charge on any atom is -0.444 e.